The molecular formula is C25H44O4. The largest absolute Gasteiger partial charge is 0.393 e. The summed E-state index contributed by atoms with van der Waals surface area (Å²) in [6.07, 6.45) is 8.30. The Morgan fingerprint density at radius 1 is 0.897 bits per heavy atom. The summed E-state index contributed by atoms with van der Waals surface area (Å²) in [5.74, 6) is 2.30. The molecule has 4 nitrogen and oxygen atoms in total. The lowest BCUT2D eigenvalue weighted by Gasteiger charge is -2.63. The molecule has 0 aromatic heterocycles. The molecule has 4 heteroatoms. The fourth-order valence-corrected chi connectivity index (χ4v) is 8.91. The van der Waals surface area contributed by atoms with Crippen LogP contribution in [0.1, 0.15) is 86.0 Å². The lowest BCUT2D eigenvalue weighted by molar-refractivity contribution is -0.243. The van der Waals surface area contributed by atoms with Crippen molar-refractivity contribution in [3.05, 3.63) is 0 Å². The van der Waals surface area contributed by atoms with Crippen molar-refractivity contribution in [2.75, 3.05) is 13.2 Å². The first-order valence-electron chi connectivity index (χ1n) is 12.4. The Labute approximate surface area is 177 Å². The van der Waals surface area contributed by atoms with Gasteiger partial charge in [-0.1, -0.05) is 27.7 Å². The molecule has 5 rings (SSSR count). The third kappa shape index (κ3) is 3.23. The van der Waals surface area contributed by atoms with Gasteiger partial charge in [0, 0.05) is 12.8 Å². The first-order valence-corrected chi connectivity index (χ1v) is 12.4. The Kier molecular flexibility index (Phi) is 5.90. The summed E-state index contributed by atoms with van der Waals surface area (Å²) in [7, 11) is 0. The van der Waals surface area contributed by atoms with Crippen LogP contribution in [0.2, 0.25) is 0 Å². The van der Waals surface area contributed by atoms with E-state index in [0.29, 0.717) is 29.6 Å². The van der Waals surface area contributed by atoms with Gasteiger partial charge >= 0.3 is 0 Å². The second-order valence-electron chi connectivity index (χ2n) is 11.1. The van der Waals surface area contributed by atoms with Crippen LogP contribution in [0.3, 0.4) is 0 Å². The van der Waals surface area contributed by atoms with Gasteiger partial charge in [0.2, 0.25) is 0 Å². The van der Waals surface area contributed by atoms with E-state index in [1.165, 1.54) is 19.3 Å². The summed E-state index contributed by atoms with van der Waals surface area (Å²) >= 11 is 0. The molecule has 5 aliphatic rings. The zero-order valence-corrected chi connectivity index (χ0v) is 19.3. The smallest absolute Gasteiger partial charge is 0.168 e. The molecule has 0 aromatic carbocycles. The highest BCUT2D eigenvalue weighted by Crippen LogP contribution is 2.68. The van der Waals surface area contributed by atoms with Gasteiger partial charge in [-0.05, 0) is 85.9 Å². The second kappa shape index (κ2) is 7.76. The summed E-state index contributed by atoms with van der Waals surface area (Å²) in [5, 5.41) is 21.8. The first kappa shape index (κ1) is 22.0. The van der Waals surface area contributed by atoms with Crippen molar-refractivity contribution in [2.24, 2.45) is 40.4 Å². The van der Waals surface area contributed by atoms with E-state index in [4.69, 9.17) is 9.47 Å². The van der Waals surface area contributed by atoms with Crippen LogP contribution in [0.4, 0.5) is 0 Å². The molecule has 1 aliphatic heterocycles. The van der Waals surface area contributed by atoms with Gasteiger partial charge in [0.25, 0.3) is 0 Å². The minimum Gasteiger partial charge on any atom is -0.393 e. The average Bonchev–Trinajstić information content (AvgIpc) is 3.28. The van der Waals surface area contributed by atoms with E-state index in [2.05, 4.69) is 13.8 Å². The lowest BCUT2D eigenvalue weighted by Crippen LogP contribution is -2.60. The quantitative estimate of drug-likeness (QED) is 0.656. The first-order chi connectivity index (χ1) is 13.8. The summed E-state index contributed by atoms with van der Waals surface area (Å²) < 4.78 is 12.1. The Bertz CT molecular complexity index is 585. The average molecular weight is 409 g/mol. The summed E-state index contributed by atoms with van der Waals surface area (Å²) in [5.41, 5.74) is 0.304. The summed E-state index contributed by atoms with van der Waals surface area (Å²) in [6, 6.07) is 0. The van der Waals surface area contributed by atoms with Crippen molar-refractivity contribution in [3.8, 4) is 0 Å². The fourth-order valence-electron chi connectivity index (χ4n) is 8.91. The zero-order chi connectivity index (χ0) is 21.0. The van der Waals surface area contributed by atoms with E-state index in [1.807, 2.05) is 20.8 Å². The highest BCUT2D eigenvalue weighted by molar-refractivity contribution is 5.13. The SMILES string of the molecule is CC.CC(O)C1CCC2C3CCC4CC5(CC[C@]4(C)C3C(O)C[C@]12C)OCCO5. The van der Waals surface area contributed by atoms with Crippen LogP contribution in [-0.4, -0.2) is 41.4 Å². The predicted molar refractivity (Wildman–Crippen MR) is 114 cm³/mol. The molecule has 168 valence electrons. The Morgan fingerprint density at radius 2 is 1.59 bits per heavy atom. The summed E-state index contributed by atoms with van der Waals surface area (Å²) in [4.78, 5) is 0. The summed E-state index contributed by atoms with van der Waals surface area (Å²) in [6.45, 7) is 12.3. The number of fused-ring (bicyclic) bond motifs is 5. The maximum atomic E-state index is 11.4. The molecular weight excluding hydrogens is 364 g/mol. The van der Waals surface area contributed by atoms with Crippen LogP contribution in [0.15, 0.2) is 0 Å². The number of hydrogen-bond donors (Lipinski definition) is 2. The van der Waals surface area contributed by atoms with E-state index < -0.39 is 0 Å². The van der Waals surface area contributed by atoms with Gasteiger partial charge in [-0.2, -0.15) is 0 Å². The van der Waals surface area contributed by atoms with E-state index in [9.17, 15) is 10.2 Å². The van der Waals surface area contributed by atoms with E-state index >= 15 is 0 Å². The molecule has 4 saturated carbocycles. The molecule has 0 aromatic rings. The second-order valence-corrected chi connectivity index (χ2v) is 11.1. The van der Waals surface area contributed by atoms with Crippen LogP contribution in [0.5, 0.6) is 0 Å². The van der Waals surface area contributed by atoms with E-state index in [0.717, 1.165) is 45.3 Å². The van der Waals surface area contributed by atoms with Crippen molar-refractivity contribution in [2.45, 2.75) is 104 Å². The van der Waals surface area contributed by atoms with Gasteiger partial charge < -0.3 is 19.7 Å². The monoisotopic (exact) mass is 408 g/mol. The predicted octanol–water partition coefficient (Wildman–Crippen LogP) is 4.77. The van der Waals surface area contributed by atoms with Gasteiger partial charge in [0.15, 0.2) is 5.79 Å². The number of aliphatic hydroxyl groups is 2. The molecule has 0 bridgehead atoms. The van der Waals surface area contributed by atoms with Crippen LogP contribution in [0.25, 0.3) is 0 Å². The molecule has 0 amide bonds. The van der Waals surface area contributed by atoms with Gasteiger partial charge in [0.1, 0.15) is 0 Å². The molecule has 2 N–H and O–H groups in total. The van der Waals surface area contributed by atoms with Crippen LogP contribution in [0, 0.1) is 40.4 Å². The van der Waals surface area contributed by atoms with E-state index in [-0.39, 0.29) is 28.8 Å². The molecule has 7 unspecified atom stereocenters. The van der Waals surface area contributed by atoms with Crippen molar-refractivity contribution in [1.82, 2.24) is 0 Å². The maximum Gasteiger partial charge on any atom is 0.168 e. The highest BCUT2D eigenvalue weighted by Gasteiger charge is 2.64. The Morgan fingerprint density at radius 3 is 2.24 bits per heavy atom. The Balaban J connectivity index is 0.000000994. The van der Waals surface area contributed by atoms with Crippen molar-refractivity contribution in [1.29, 1.82) is 0 Å². The minimum atomic E-state index is -0.323. The topological polar surface area (TPSA) is 58.9 Å². The van der Waals surface area contributed by atoms with Crippen LogP contribution in [-0.2, 0) is 9.47 Å². The molecule has 1 heterocycles. The molecule has 1 saturated heterocycles. The van der Waals surface area contributed by atoms with Gasteiger partial charge in [-0.3, -0.25) is 0 Å². The number of aliphatic hydroxyl groups excluding tert-OH is 2. The third-order valence-corrected chi connectivity index (χ3v) is 10.1. The lowest BCUT2D eigenvalue weighted by atomic mass is 9.43. The fraction of sp³-hybridized carbons (Fsp3) is 1.00. The minimum absolute atomic E-state index is 0.103. The van der Waals surface area contributed by atoms with Crippen molar-refractivity contribution in [3.63, 3.8) is 0 Å². The highest BCUT2D eigenvalue weighted by atomic mass is 16.7. The molecule has 1 spiro atoms. The molecule has 9 atom stereocenters. The molecule has 4 aliphatic carbocycles. The molecule has 5 fully saturated rings. The normalized spacial score (nSPS) is 51.4. The van der Waals surface area contributed by atoms with Crippen molar-refractivity contribution < 1.29 is 19.7 Å². The maximum absolute atomic E-state index is 11.4. The number of hydrogen-bond acceptors (Lipinski definition) is 4. The third-order valence-electron chi connectivity index (χ3n) is 10.1. The van der Waals surface area contributed by atoms with Gasteiger partial charge in [0.05, 0.1) is 25.4 Å². The molecule has 29 heavy (non-hydrogen) atoms. The van der Waals surface area contributed by atoms with Gasteiger partial charge in [-0.15, -0.1) is 0 Å². The van der Waals surface area contributed by atoms with Crippen molar-refractivity contribution >= 4 is 0 Å². The van der Waals surface area contributed by atoms with Crippen LogP contribution >= 0.6 is 0 Å². The zero-order valence-electron chi connectivity index (χ0n) is 19.3. The number of ether oxygens (including phenoxy) is 2. The standard InChI is InChI=1S/C23H38O4.C2H6/c1-14(24)17-6-7-18-16-5-4-15-12-23(26-10-11-27-23)9-8-21(15,2)20(16)19(25)13-22(17,18)3;1-2/h14-20,24-25H,4-13H2,1-3H3;1-2H3/t14?,15?,16?,17?,18?,19?,20?,21-,22+;/m0./s1. The van der Waals surface area contributed by atoms with E-state index in [1.54, 1.807) is 0 Å². The van der Waals surface area contributed by atoms with Gasteiger partial charge in [-0.25, -0.2) is 0 Å². The van der Waals surface area contributed by atoms with Crippen LogP contribution < -0.4 is 0 Å². The molecule has 0 radical (unpaired) electrons. The Hall–Kier alpha value is -0.160. The number of rotatable bonds is 1.